The van der Waals surface area contributed by atoms with E-state index in [9.17, 15) is 0 Å². The van der Waals surface area contributed by atoms with Crippen molar-refractivity contribution in [3.05, 3.63) is 24.3 Å². The standard InChI is InChI=1S/C11H13N4/c1-2-4-11-10(3-1)13-14-15(11)9-5-7-12-8-6-9/h1-4,9H,5-8H2. The van der Waals surface area contributed by atoms with Crippen molar-refractivity contribution in [3.8, 4) is 0 Å². The molecule has 4 heteroatoms. The summed E-state index contributed by atoms with van der Waals surface area (Å²) >= 11 is 0. The number of rotatable bonds is 1. The summed E-state index contributed by atoms with van der Waals surface area (Å²) in [6.07, 6.45) is 2.18. The first-order valence-electron chi connectivity index (χ1n) is 5.38. The van der Waals surface area contributed by atoms with E-state index in [-0.39, 0.29) is 0 Å². The number of aromatic nitrogens is 3. The van der Waals surface area contributed by atoms with Crippen molar-refractivity contribution < 1.29 is 0 Å². The molecule has 1 aromatic heterocycles. The van der Waals surface area contributed by atoms with Gasteiger partial charge >= 0.3 is 0 Å². The molecule has 1 radical (unpaired) electrons. The monoisotopic (exact) mass is 201 g/mol. The first-order valence-corrected chi connectivity index (χ1v) is 5.38. The predicted octanol–water partition coefficient (Wildman–Crippen LogP) is 1.37. The maximum Gasteiger partial charge on any atom is 0.113 e. The second-order valence-electron chi connectivity index (χ2n) is 3.92. The van der Waals surface area contributed by atoms with Gasteiger partial charge in [0.2, 0.25) is 0 Å². The highest BCUT2D eigenvalue weighted by atomic mass is 15.4. The third-order valence-corrected chi connectivity index (χ3v) is 2.96. The van der Waals surface area contributed by atoms with Crippen LogP contribution in [0, 0.1) is 0 Å². The highest BCUT2D eigenvalue weighted by Crippen LogP contribution is 2.22. The second-order valence-corrected chi connectivity index (χ2v) is 3.92. The summed E-state index contributed by atoms with van der Waals surface area (Å²) in [5.74, 6) is 0. The number of fused-ring (bicyclic) bond motifs is 1. The van der Waals surface area contributed by atoms with Crippen LogP contribution in [-0.2, 0) is 0 Å². The van der Waals surface area contributed by atoms with Gasteiger partial charge in [-0.15, -0.1) is 5.10 Å². The molecular weight excluding hydrogens is 188 g/mol. The van der Waals surface area contributed by atoms with Gasteiger partial charge in [0.15, 0.2) is 0 Å². The van der Waals surface area contributed by atoms with Gasteiger partial charge in [-0.2, -0.15) is 0 Å². The van der Waals surface area contributed by atoms with E-state index in [4.69, 9.17) is 0 Å². The maximum absolute atomic E-state index is 4.36. The molecule has 0 saturated carbocycles. The number of benzene rings is 1. The molecule has 0 atom stereocenters. The van der Waals surface area contributed by atoms with Gasteiger partial charge in [-0.05, 0) is 25.0 Å². The van der Waals surface area contributed by atoms with Crippen LogP contribution in [0.2, 0.25) is 0 Å². The number of piperidine rings is 1. The van der Waals surface area contributed by atoms with E-state index in [0.717, 1.165) is 37.0 Å². The minimum Gasteiger partial charge on any atom is -0.242 e. The topological polar surface area (TPSA) is 44.8 Å². The van der Waals surface area contributed by atoms with E-state index >= 15 is 0 Å². The summed E-state index contributed by atoms with van der Waals surface area (Å²) in [5.41, 5.74) is 2.13. The Hall–Kier alpha value is -1.42. The van der Waals surface area contributed by atoms with Crippen LogP contribution < -0.4 is 5.32 Å². The average molecular weight is 201 g/mol. The Morgan fingerprint density at radius 2 is 1.93 bits per heavy atom. The Morgan fingerprint density at radius 1 is 1.13 bits per heavy atom. The van der Waals surface area contributed by atoms with Gasteiger partial charge in [0.25, 0.3) is 0 Å². The normalized spacial score (nSPS) is 18.4. The van der Waals surface area contributed by atoms with E-state index in [1.54, 1.807) is 0 Å². The minimum absolute atomic E-state index is 0.481. The Kier molecular flexibility index (Phi) is 2.14. The molecule has 0 bridgehead atoms. The zero-order valence-electron chi connectivity index (χ0n) is 8.50. The van der Waals surface area contributed by atoms with E-state index in [2.05, 4.69) is 26.4 Å². The molecule has 0 unspecified atom stereocenters. The van der Waals surface area contributed by atoms with Crippen molar-refractivity contribution in [1.29, 1.82) is 0 Å². The second kappa shape index (κ2) is 3.62. The summed E-state index contributed by atoms with van der Waals surface area (Å²) < 4.78 is 2.06. The van der Waals surface area contributed by atoms with Crippen molar-refractivity contribution in [1.82, 2.24) is 20.3 Å². The fourth-order valence-electron chi connectivity index (χ4n) is 2.14. The highest BCUT2D eigenvalue weighted by molar-refractivity contribution is 5.73. The van der Waals surface area contributed by atoms with E-state index in [1.165, 1.54) is 0 Å². The number of nitrogens with zero attached hydrogens (tertiary/aromatic N) is 4. The lowest BCUT2D eigenvalue weighted by Crippen LogP contribution is -2.25. The van der Waals surface area contributed by atoms with Gasteiger partial charge in [0.05, 0.1) is 11.6 Å². The first-order chi connectivity index (χ1) is 7.45. The summed E-state index contributed by atoms with van der Waals surface area (Å²) in [6, 6.07) is 8.61. The lowest BCUT2D eigenvalue weighted by molar-refractivity contribution is 0.341. The van der Waals surface area contributed by atoms with Gasteiger partial charge in [-0.1, -0.05) is 17.3 Å². The molecule has 0 amide bonds. The third-order valence-electron chi connectivity index (χ3n) is 2.96. The van der Waals surface area contributed by atoms with Crippen LogP contribution in [0.3, 0.4) is 0 Å². The molecule has 4 nitrogen and oxygen atoms in total. The lowest BCUT2D eigenvalue weighted by atomic mass is 10.1. The SMILES string of the molecule is c1ccc2c(c1)nnn2C1CC[N]CC1. The van der Waals surface area contributed by atoms with Gasteiger partial charge in [0, 0.05) is 13.1 Å². The van der Waals surface area contributed by atoms with E-state index in [0.29, 0.717) is 6.04 Å². The molecule has 15 heavy (non-hydrogen) atoms. The largest absolute Gasteiger partial charge is 0.242 e. The van der Waals surface area contributed by atoms with Crippen molar-refractivity contribution in [3.63, 3.8) is 0 Å². The van der Waals surface area contributed by atoms with Crippen LogP contribution in [0.15, 0.2) is 24.3 Å². The van der Waals surface area contributed by atoms with Crippen LogP contribution >= 0.6 is 0 Å². The van der Waals surface area contributed by atoms with E-state index in [1.807, 2.05) is 18.2 Å². The molecule has 1 saturated heterocycles. The summed E-state index contributed by atoms with van der Waals surface area (Å²) in [6.45, 7) is 1.91. The van der Waals surface area contributed by atoms with Crippen LogP contribution in [-0.4, -0.2) is 28.1 Å². The molecule has 3 rings (SSSR count). The van der Waals surface area contributed by atoms with Crippen LogP contribution in [0.5, 0.6) is 0 Å². The molecule has 1 aromatic carbocycles. The van der Waals surface area contributed by atoms with Gasteiger partial charge in [-0.3, -0.25) is 0 Å². The first kappa shape index (κ1) is 8.85. The van der Waals surface area contributed by atoms with Crippen LogP contribution in [0.25, 0.3) is 11.0 Å². The number of hydrogen-bond donors (Lipinski definition) is 0. The maximum atomic E-state index is 4.36. The van der Waals surface area contributed by atoms with Gasteiger partial charge in [0.1, 0.15) is 5.52 Å². The molecule has 2 heterocycles. The fraction of sp³-hybridized carbons (Fsp3) is 0.455. The smallest absolute Gasteiger partial charge is 0.113 e. The Balaban J connectivity index is 2.02. The van der Waals surface area contributed by atoms with Gasteiger partial charge in [-0.25, -0.2) is 10.00 Å². The highest BCUT2D eigenvalue weighted by Gasteiger charge is 2.18. The molecule has 77 valence electrons. The molecule has 1 fully saturated rings. The van der Waals surface area contributed by atoms with Crippen LogP contribution in [0.1, 0.15) is 18.9 Å². The van der Waals surface area contributed by atoms with Gasteiger partial charge < -0.3 is 0 Å². The fourth-order valence-corrected chi connectivity index (χ4v) is 2.14. The molecule has 0 spiro atoms. The lowest BCUT2D eigenvalue weighted by Gasteiger charge is -2.21. The molecule has 2 aromatic rings. The summed E-state index contributed by atoms with van der Waals surface area (Å²) in [7, 11) is 0. The Bertz CT molecular complexity index is 456. The number of para-hydroxylation sites is 1. The van der Waals surface area contributed by atoms with Crippen molar-refractivity contribution in [2.75, 3.05) is 13.1 Å². The summed E-state index contributed by atoms with van der Waals surface area (Å²) in [4.78, 5) is 0. The molecule has 1 aliphatic rings. The molecule has 0 aliphatic carbocycles. The minimum atomic E-state index is 0.481. The third kappa shape index (κ3) is 1.51. The van der Waals surface area contributed by atoms with Crippen molar-refractivity contribution in [2.24, 2.45) is 0 Å². The zero-order chi connectivity index (χ0) is 10.1. The van der Waals surface area contributed by atoms with Crippen LogP contribution in [0.4, 0.5) is 0 Å². The summed E-state index contributed by atoms with van der Waals surface area (Å²) in [5, 5.41) is 12.8. The zero-order valence-corrected chi connectivity index (χ0v) is 8.50. The quantitative estimate of drug-likeness (QED) is 0.699. The molecular formula is C11H13N4. The van der Waals surface area contributed by atoms with E-state index < -0.39 is 0 Å². The molecule has 1 aliphatic heterocycles. The Labute approximate surface area is 88.3 Å². The molecule has 0 N–H and O–H groups in total. The number of hydrogen-bond acceptors (Lipinski definition) is 2. The Morgan fingerprint density at radius 3 is 2.80 bits per heavy atom. The predicted molar refractivity (Wildman–Crippen MR) is 57.7 cm³/mol. The van der Waals surface area contributed by atoms with Crippen molar-refractivity contribution >= 4 is 11.0 Å². The average Bonchev–Trinajstić information content (AvgIpc) is 2.74. The van der Waals surface area contributed by atoms with Crippen molar-refractivity contribution in [2.45, 2.75) is 18.9 Å².